The van der Waals surface area contributed by atoms with Gasteiger partial charge in [0.2, 0.25) is 0 Å². The lowest BCUT2D eigenvalue weighted by atomic mass is 10.5. The molecule has 1 aromatic heterocycles. The molecule has 0 amide bonds. The number of rotatable bonds is 1. The average molecular weight is 130 g/mol. The summed E-state index contributed by atoms with van der Waals surface area (Å²) >= 11 is 0. The predicted molar refractivity (Wildman–Crippen MR) is 23.6 cm³/mol. The Bertz CT molecular complexity index is 176. The highest BCUT2D eigenvalue weighted by Gasteiger charge is 2.07. The third-order valence-electron chi connectivity index (χ3n) is 0.661. The third kappa shape index (κ3) is 1.38. The zero-order valence-corrected chi connectivity index (χ0v) is 4.25. The van der Waals surface area contributed by atoms with E-state index < -0.39 is 12.1 Å². The van der Waals surface area contributed by atoms with E-state index in [0.717, 1.165) is 6.33 Å². The SMILES string of the molecule is FC(F)c1[c]ncnn1. The molecule has 5 heteroatoms. The molecule has 0 spiro atoms. The van der Waals surface area contributed by atoms with Gasteiger partial charge in [0.05, 0.1) is 0 Å². The van der Waals surface area contributed by atoms with E-state index in [-0.39, 0.29) is 0 Å². The molecule has 0 saturated carbocycles. The largest absolute Gasteiger partial charge is 0.284 e. The molecule has 1 aromatic rings. The van der Waals surface area contributed by atoms with Gasteiger partial charge in [-0.3, -0.25) is 0 Å². The standard InChI is InChI=1S/C4H2F2N3/c5-4(6)3-1-7-2-8-9-3/h2,4H. The van der Waals surface area contributed by atoms with Gasteiger partial charge in [-0.2, -0.15) is 0 Å². The highest BCUT2D eigenvalue weighted by Crippen LogP contribution is 2.11. The van der Waals surface area contributed by atoms with Crippen LogP contribution >= 0.6 is 0 Å². The Morgan fingerprint density at radius 2 is 2.33 bits per heavy atom. The van der Waals surface area contributed by atoms with Gasteiger partial charge in [-0.05, 0) is 0 Å². The molecule has 0 aliphatic rings. The molecule has 1 heterocycles. The Labute approximate surface area is 49.8 Å². The lowest BCUT2D eigenvalue weighted by Crippen LogP contribution is -1.93. The van der Waals surface area contributed by atoms with Crippen LogP contribution in [0.4, 0.5) is 8.78 Å². The molecule has 0 saturated heterocycles. The van der Waals surface area contributed by atoms with E-state index >= 15 is 0 Å². The second-order valence-electron chi connectivity index (χ2n) is 1.26. The Kier molecular flexibility index (Phi) is 1.62. The summed E-state index contributed by atoms with van der Waals surface area (Å²) in [4.78, 5) is 3.23. The van der Waals surface area contributed by atoms with Crippen molar-refractivity contribution in [1.29, 1.82) is 0 Å². The Morgan fingerprint density at radius 1 is 1.56 bits per heavy atom. The van der Waals surface area contributed by atoms with Crippen LogP contribution in [0.25, 0.3) is 0 Å². The first kappa shape index (κ1) is 6.00. The lowest BCUT2D eigenvalue weighted by Gasteiger charge is -1.90. The van der Waals surface area contributed by atoms with E-state index in [2.05, 4.69) is 15.2 Å². The van der Waals surface area contributed by atoms with Crippen molar-refractivity contribution in [2.24, 2.45) is 0 Å². The topological polar surface area (TPSA) is 38.7 Å². The summed E-state index contributed by atoms with van der Waals surface area (Å²) in [6, 6.07) is 0. The Morgan fingerprint density at radius 3 is 2.67 bits per heavy atom. The van der Waals surface area contributed by atoms with Crippen LogP contribution < -0.4 is 0 Å². The van der Waals surface area contributed by atoms with Gasteiger partial charge in [0, 0.05) is 0 Å². The lowest BCUT2D eigenvalue weighted by molar-refractivity contribution is 0.144. The molecule has 47 valence electrons. The molecule has 0 unspecified atom stereocenters. The highest BCUT2D eigenvalue weighted by atomic mass is 19.3. The van der Waals surface area contributed by atoms with Crippen LogP contribution in [0, 0.1) is 6.20 Å². The molecule has 0 aromatic carbocycles. The van der Waals surface area contributed by atoms with Gasteiger partial charge in [0.25, 0.3) is 6.43 Å². The van der Waals surface area contributed by atoms with Crippen LogP contribution in [0.1, 0.15) is 12.1 Å². The van der Waals surface area contributed by atoms with Crippen molar-refractivity contribution in [1.82, 2.24) is 15.2 Å². The summed E-state index contributed by atoms with van der Waals surface area (Å²) < 4.78 is 23.2. The molecule has 3 nitrogen and oxygen atoms in total. The number of nitrogens with zero attached hydrogens (tertiary/aromatic N) is 3. The molecule has 1 radical (unpaired) electrons. The molecule has 0 aliphatic carbocycles. The highest BCUT2D eigenvalue weighted by molar-refractivity contribution is 4.89. The maximum atomic E-state index is 11.6. The monoisotopic (exact) mass is 130 g/mol. The van der Waals surface area contributed by atoms with Crippen LogP contribution in [0.15, 0.2) is 6.33 Å². The quantitative estimate of drug-likeness (QED) is 0.559. The summed E-state index contributed by atoms with van der Waals surface area (Å²) in [6.07, 6.45) is 0.409. The molecule has 0 bridgehead atoms. The van der Waals surface area contributed by atoms with E-state index in [1.165, 1.54) is 0 Å². The van der Waals surface area contributed by atoms with E-state index in [0.29, 0.717) is 0 Å². The molecule has 0 N–H and O–H groups in total. The zero-order valence-electron chi connectivity index (χ0n) is 4.25. The second kappa shape index (κ2) is 2.43. The van der Waals surface area contributed by atoms with Crippen molar-refractivity contribution in [2.75, 3.05) is 0 Å². The van der Waals surface area contributed by atoms with Crippen LogP contribution in [-0.4, -0.2) is 15.2 Å². The number of hydrogen-bond donors (Lipinski definition) is 0. The van der Waals surface area contributed by atoms with Gasteiger partial charge in [-0.1, -0.05) is 0 Å². The maximum absolute atomic E-state index is 11.6. The fourth-order valence-electron chi connectivity index (χ4n) is 0.324. The van der Waals surface area contributed by atoms with Crippen LogP contribution in [-0.2, 0) is 0 Å². The minimum atomic E-state index is -2.63. The smallest absolute Gasteiger partial charge is 0.230 e. The van der Waals surface area contributed by atoms with Crippen LogP contribution in [0.3, 0.4) is 0 Å². The fraction of sp³-hybridized carbons (Fsp3) is 0.250. The first-order valence-corrected chi connectivity index (χ1v) is 2.14. The van der Waals surface area contributed by atoms with Crippen molar-refractivity contribution in [3.8, 4) is 0 Å². The van der Waals surface area contributed by atoms with Crippen LogP contribution in [0.5, 0.6) is 0 Å². The van der Waals surface area contributed by atoms with Gasteiger partial charge in [0.15, 0.2) is 5.69 Å². The van der Waals surface area contributed by atoms with E-state index in [9.17, 15) is 8.78 Å². The summed E-state index contributed by atoms with van der Waals surface area (Å²) in [5.41, 5.74) is -0.516. The van der Waals surface area contributed by atoms with Crippen molar-refractivity contribution >= 4 is 0 Å². The van der Waals surface area contributed by atoms with Crippen molar-refractivity contribution in [3.63, 3.8) is 0 Å². The minimum absolute atomic E-state index is 0.516. The summed E-state index contributed by atoms with van der Waals surface area (Å²) in [5.74, 6) is 0. The molecule has 0 fully saturated rings. The van der Waals surface area contributed by atoms with Gasteiger partial charge < -0.3 is 0 Å². The van der Waals surface area contributed by atoms with Crippen molar-refractivity contribution in [3.05, 3.63) is 18.2 Å². The van der Waals surface area contributed by atoms with Crippen LogP contribution in [0.2, 0.25) is 0 Å². The number of hydrogen-bond acceptors (Lipinski definition) is 3. The molecule has 1 rings (SSSR count). The summed E-state index contributed by atoms with van der Waals surface area (Å²) in [6.45, 7) is 0. The number of aromatic nitrogens is 3. The Hall–Kier alpha value is -1.13. The fourth-order valence-corrected chi connectivity index (χ4v) is 0.324. The van der Waals surface area contributed by atoms with Gasteiger partial charge in [-0.15, -0.1) is 10.2 Å². The third-order valence-corrected chi connectivity index (χ3v) is 0.661. The van der Waals surface area contributed by atoms with Crippen molar-refractivity contribution < 1.29 is 8.78 Å². The molecule has 0 aliphatic heterocycles. The first-order chi connectivity index (χ1) is 4.30. The molecule has 0 atom stereocenters. The average Bonchev–Trinajstić information content (AvgIpc) is 1.90. The molecule has 9 heavy (non-hydrogen) atoms. The molecular formula is C4H2F2N3. The molecular weight excluding hydrogens is 128 g/mol. The minimum Gasteiger partial charge on any atom is -0.230 e. The van der Waals surface area contributed by atoms with Gasteiger partial charge in [0.1, 0.15) is 12.5 Å². The zero-order chi connectivity index (χ0) is 6.69. The van der Waals surface area contributed by atoms with E-state index in [4.69, 9.17) is 0 Å². The number of alkyl halides is 2. The summed E-state index contributed by atoms with van der Waals surface area (Å²) in [7, 11) is 0. The number of halogens is 2. The Balaban J connectivity index is 2.85. The summed E-state index contributed by atoms with van der Waals surface area (Å²) in [5, 5.41) is 6.19. The normalized spacial score (nSPS) is 10.1. The van der Waals surface area contributed by atoms with E-state index in [1.54, 1.807) is 0 Å². The first-order valence-electron chi connectivity index (χ1n) is 2.14. The van der Waals surface area contributed by atoms with Gasteiger partial charge >= 0.3 is 0 Å². The second-order valence-corrected chi connectivity index (χ2v) is 1.26. The van der Waals surface area contributed by atoms with Gasteiger partial charge in [-0.25, -0.2) is 13.8 Å². The van der Waals surface area contributed by atoms with Crippen molar-refractivity contribution in [2.45, 2.75) is 6.43 Å². The van der Waals surface area contributed by atoms with E-state index in [1.807, 2.05) is 6.20 Å². The predicted octanol–water partition coefficient (Wildman–Crippen LogP) is 0.609. The maximum Gasteiger partial charge on any atom is 0.284 e.